The van der Waals surface area contributed by atoms with Crippen molar-refractivity contribution in [2.24, 2.45) is 5.73 Å². The normalized spacial score (nSPS) is 15.8. The molecule has 1 aromatic rings. The quantitative estimate of drug-likeness (QED) is 0.822. The van der Waals surface area contributed by atoms with Gasteiger partial charge in [0.05, 0.1) is 18.2 Å². The van der Waals surface area contributed by atoms with E-state index < -0.39 is 5.54 Å². The molecule has 0 bridgehead atoms. The highest BCUT2D eigenvalue weighted by Gasteiger charge is 2.24. The van der Waals surface area contributed by atoms with Crippen molar-refractivity contribution in [2.75, 3.05) is 13.2 Å². The van der Waals surface area contributed by atoms with Gasteiger partial charge in [0, 0.05) is 12.0 Å². The molecule has 0 unspecified atom stereocenters. The second-order valence-corrected chi connectivity index (χ2v) is 4.90. The first-order valence-electron chi connectivity index (χ1n) is 5.37. The molecule has 0 saturated heterocycles. The second kappa shape index (κ2) is 4.15. The number of ether oxygens (including phenoxy) is 2. The number of nitrogens with two attached hydrogens (primary N) is 1. The van der Waals surface area contributed by atoms with Gasteiger partial charge in [-0.25, -0.2) is 0 Å². The minimum absolute atomic E-state index is 0.484. The average Bonchev–Trinajstić information content (AvgIpc) is 2.41. The second-order valence-electron chi connectivity index (χ2n) is 4.53. The molecule has 0 spiro atoms. The summed E-state index contributed by atoms with van der Waals surface area (Å²) >= 11 is 6.30. The maximum Gasteiger partial charge on any atom is 0.180 e. The molecule has 2 N–H and O–H groups in total. The van der Waals surface area contributed by atoms with Crippen molar-refractivity contribution in [1.29, 1.82) is 0 Å². The lowest BCUT2D eigenvalue weighted by Crippen LogP contribution is -2.29. The van der Waals surface area contributed by atoms with E-state index >= 15 is 0 Å². The maximum absolute atomic E-state index is 6.30. The zero-order valence-electron chi connectivity index (χ0n) is 9.55. The molecule has 16 heavy (non-hydrogen) atoms. The molecule has 1 aliphatic heterocycles. The van der Waals surface area contributed by atoms with E-state index in [1.54, 1.807) is 0 Å². The number of hydrogen-bond donors (Lipinski definition) is 1. The standard InChI is InChI=1S/C12H16ClNO2/c1-12(2,14)8-4-5-9-11(10(8)13)16-7-3-6-15-9/h4-5H,3,6-7,14H2,1-2H3. The summed E-state index contributed by atoms with van der Waals surface area (Å²) in [6.45, 7) is 5.12. The van der Waals surface area contributed by atoms with Gasteiger partial charge < -0.3 is 15.2 Å². The topological polar surface area (TPSA) is 44.5 Å². The van der Waals surface area contributed by atoms with Crippen molar-refractivity contribution >= 4 is 11.6 Å². The lowest BCUT2D eigenvalue weighted by Gasteiger charge is -2.22. The molecule has 0 amide bonds. The predicted octanol–water partition coefficient (Wildman–Crippen LogP) is 2.70. The van der Waals surface area contributed by atoms with Gasteiger partial charge in [0.25, 0.3) is 0 Å². The molecule has 1 heterocycles. The lowest BCUT2D eigenvalue weighted by molar-refractivity contribution is 0.297. The van der Waals surface area contributed by atoms with Gasteiger partial charge in [-0.1, -0.05) is 17.7 Å². The summed E-state index contributed by atoms with van der Waals surface area (Å²) < 4.78 is 11.1. The Morgan fingerprint density at radius 1 is 1.25 bits per heavy atom. The Bertz CT molecular complexity index is 399. The first-order valence-corrected chi connectivity index (χ1v) is 5.75. The highest BCUT2D eigenvalue weighted by atomic mass is 35.5. The van der Waals surface area contributed by atoms with Gasteiger partial charge in [0.15, 0.2) is 11.5 Å². The third kappa shape index (κ3) is 2.11. The van der Waals surface area contributed by atoms with Crippen molar-refractivity contribution in [3.63, 3.8) is 0 Å². The molecule has 1 aliphatic rings. The Kier molecular flexibility index (Phi) is 3.00. The van der Waals surface area contributed by atoms with Crippen molar-refractivity contribution in [2.45, 2.75) is 25.8 Å². The van der Waals surface area contributed by atoms with Crippen LogP contribution in [0.4, 0.5) is 0 Å². The summed E-state index contributed by atoms with van der Waals surface area (Å²) in [5.74, 6) is 1.32. The molecular formula is C12H16ClNO2. The van der Waals surface area contributed by atoms with E-state index in [1.807, 2.05) is 26.0 Å². The number of halogens is 1. The SMILES string of the molecule is CC(C)(N)c1ccc2c(c1Cl)OCCCO2. The Hall–Kier alpha value is -0.930. The van der Waals surface area contributed by atoms with Crippen LogP contribution in [-0.2, 0) is 5.54 Å². The summed E-state index contributed by atoms with van der Waals surface area (Å²) in [5, 5.41) is 0.562. The van der Waals surface area contributed by atoms with Crippen LogP contribution in [0.3, 0.4) is 0 Å². The van der Waals surface area contributed by atoms with Crippen LogP contribution < -0.4 is 15.2 Å². The van der Waals surface area contributed by atoms with E-state index in [9.17, 15) is 0 Å². The molecule has 88 valence electrons. The Morgan fingerprint density at radius 3 is 2.62 bits per heavy atom. The highest BCUT2D eigenvalue weighted by molar-refractivity contribution is 6.33. The first kappa shape index (κ1) is 11.6. The van der Waals surface area contributed by atoms with Crippen LogP contribution >= 0.6 is 11.6 Å². The third-order valence-electron chi connectivity index (χ3n) is 2.55. The van der Waals surface area contributed by atoms with E-state index in [-0.39, 0.29) is 0 Å². The molecule has 0 fully saturated rings. The fourth-order valence-corrected chi connectivity index (χ4v) is 2.15. The van der Waals surface area contributed by atoms with Crippen LogP contribution in [0, 0.1) is 0 Å². The van der Waals surface area contributed by atoms with Crippen LogP contribution in [0.2, 0.25) is 5.02 Å². The molecule has 0 saturated carbocycles. The van der Waals surface area contributed by atoms with Crippen molar-refractivity contribution in [3.8, 4) is 11.5 Å². The van der Waals surface area contributed by atoms with Gasteiger partial charge in [0.1, 0.15) is 0 Å². The van der Waals surface area contributed by atoms with Crippen molar-refractivity contribution in [3.05, 3.63) is 22.7 Å². The number of fused-ring (bicyclic) bond motifs is 1. The average molecular weight is 242 g/mol. The smallest absolute Gasteiger partial charge is 0.180 e. The molecule has 0 aromatic heterocycles. The predicted molar refractivity (Wildman–Crippen MR) is 64.3 cm³/mol. The molecule has 2 rings (SSSR count). The Balaban J connectivity index is 2.50. The maximum atomic E-state index is 6.30. The fourth-order valence-electron chi connectivity index (χ4n) is 1.70. The van der Waals surface area contributed by atoms with Gasteiger partial charge in [-0.15, -0.1) is 0 Å². The number of benzene rings is 1. The van der Waals surface area contributed by atoms with E-state index in [2.05, 4.69) is 0 Å². The molecule has 3 nitrogen and oxygen atoms in total. The van der Waals surface area contributed by atoms with Crippen LogP contribution in [0.25, 0.3) is 0 Å². The van der Waals surface area contributed by atoms with Crippen LogP contribution in [0.1, 0.15) is 25.8 Å². The number of rotatable bonds is 1. The van der Waals surface area contributed by atoms with E-state index in [0.29, 0.717) is 29.7 Å². The molecule has 0 atom stereocenters. The van der Waals surface area contributed by atoms with Crippen molar-refractivity contribution < 1.29 is 9.47 Å². The molecule has 4 heteroatoms. The summed E-state index contributed by atoms with van der Waals surface area (Å²) in [4.78, 5) is 0. The minimum Gasteiger partial charge on any atom is -0.490 e. The van der Waals surface area contributed by atoms with E-state index in [4.69, 9.17) is 26.8 Å². The van der Waals surface area contributed by atoms with E-state index in [0.717, 1.165) is 12.0 Å². The van der Waals surface area contributed by atoms with Gasteiger partial charge in [0.2, 0.25) is 0 Å². The zero-order valence-corrected chi connectivity index (χ0v) is 10.3. The van der Waals surface area contributed by atoms with Crippen molar-refractivity contribution in [1.82, 2.24) is 0 Å². The third-order valence-corrected chi connectivity index (χ3v) is 2.92. The first-order chi connectivity index (χ1) is 7.50. The molecular weight excluding hydrogens is 226 g/mol. The van der Waals surface area contributed by atoms with Gasteiger partial charge in [-0.05, 0) is 25.5 Å². The Labute approximate surface area is 100 Å². The summed E-state index contributed by atoms with van der Waals surface area (Å²) in [6.07, 6.45) is 0.867. The zero-order chi connectivity index (χ0) is 11.8. The van der Waals surface area contributed by atoms with Gasteiger partial charge in [-0.3, -0.25) is 0 Å². The highest BCUT2D eigenvalue weighted by Crippen LogP contribution is 2.41. The summed E-state index contributed by atoms with van der Waals surface area (Å²) in [7, 11) is 0. The number of hydrogen-bond acceptors (Lipinski definition) is 3. The van der Waals surface area contributed by atoms with Crippen LogP contribution in [0.5, 0.6) is 11.5 Å². The molecule has 0 aliphatic carbocycles. The van der Waals surface area contributed by atoms with E-state index in [1.165, 1.54) is 0 Å². The molecule has 0 radical (unpaired) electrons. The minimum atomic E-state index is -0.484. The largest absolute Gasteiger partial charge is 0.490 e. The Morgan fingerprint density at radius 2 is 1.94 bits per heavy atom. The fraction of sp³-hybridized carbons (Fsp3) is 0.500. The van der Waals surface area contributed by atoms with Gasteiger partial charge >= 0.3 is 0 Å². The lowest BCUT2D eigenvalue weighted by atomic mass is 9.95. The van der Waals surface area contributed by atoms with Gasteiger partial charge in [-0.2, -0.15) is 0 Å². The summed E-state index contributed by atoms with van der Waals surface area (Å²) in [6, 6.07) is 3.77. The monoisotopic (exact) mass is 241 g/mol. The van der Waals surface area contributed by atoms with Crippen LogP contribution in [-0.4, -0.2) is 13.2 Å². The van der Waals surface area contributed by atoms with Crippen LogP contribution in [0.15, 0.2) is 12.1 Å². The summed E-state index contributed by atoms with van der Waals surface area (Å²) in [5.41, 5.74) is 6.44. The molecule has 1 aromatic carbocycles.